The summed E-state index contributed by atoms with van der Waals surface area (Å²) in [6.45, 7) is 5.84. The summed E-state index contributed by atoms with van der Waals surface area (Å²) in [5.74, 6) is 0. The molecule has 0 spiro atoms. The van der Waals surface area contributed by atoms with E-state index in [1.807, 2.05) is 0 Å². The summed E-state index contributed by atoms with van der Waals surface area (Å²) in [6, 6.07) is 0.507. The predicted molar refractivity (Wildman–Crippen MR) is 62.0 cm³/mol. The SMILES string of the molecule is CC(C)NCCOC1CCCCCC1O. The zero-order valence-electron chi connectivity index (χ0n) is 10.0. The Morgan fingerprint density at radius 3 is 2.73 bits per heavy atom. The van der Waals surface area contributed by atoms with E-state index in [9.17, 15) is 5.11 Å². The first-order valence-electron chi connectivity index (χ1n) is 6.23. The highest BCUT2D eigenvalue weighted by Gasteiger charge is 2.21. The molecule has 3 nitrogen and oxygen atoms in total. The van der Waals surface area contributed by atoms with Crippen molar-refractivity contribution in [2.45, 2.75) is 64.2 Å². The number of nitrogens with one attached hydrogen (secondary N) is 1. The van der Waals surface area contributed by atoms with Crippen molar-refractivity contribution in [3.05, 3.63) is 0 Å². The Labute approximate surface area is 93.2 Å². The Morgan fingerprint density at radius 2 is 2.00 bits per heavy atom. The summed E-state index contributed by atoms with van der Waals surface area (Å²) < 4.78 is 5.71. The average molecular weight is 215 g/mol. The normalized spacial score (nSPS) is 28.0. The second-order valence-corrected chi connectivity index (χ2v) is 4.72. The fraction of sp³-hybridized carbons (Fsp3) is 1.00. The van der Waals surface area contributed by atoms with Crippen LogP contribution in [0.3, 0.4) is 0 Å². The summed E-state index contributed by atoms with van der Waals surface area (Å²) >= 11 is 0. The highest BCUT2D eigenvalue weighted by molar-refractivity contribution is 4.73. The highest BCUT2D eigenvalue weighted by Crippen LogP contribution is 2.20. The van der Waals surface area contributed by atoms with Crippen LogP contribution in [-0.4, -0.2) is 36.5 Å². The largest absolute Gasteiger partial charge is 0.390 e. The van der Waals surface area contributed by atoms with Crippen LogP contribution in [-0.2, 0) is 4.74 Å². The molecule has 15 heavy (non-hydrogen) atoms. The lowest BCUT2D eigenvalue weighted by atomic mass is 10.1. The first kappa shape index (κ1) is 12.9. The van der Waals surface area contributed by atoms with E-state index < -0.39 is 0 Å². The van der Waals surface area contributed by atoms with Gasteiger partial charge in [-0.2, -0.15) is 0 Å². The van der Waals surface area contributed by atoms with Gasteiger partial charge >= 0.3 is 0 Å². The first-order chi connectivity index (χ1) is 7.20. The molecule has 1 rings (SSSR count). The van der Waals surface area contributed by atoms with Crippen molar-refractivity contribution in [2.75, 3.05) is 13.2 Å². The van der Waals surface area contributed by atoms with E-state index in [0.29, 0.717) is 12.6 Å². The van der Waals surface area contributed by atoms with Crippen LogP contribution in [0.1, 0.15) is 46.0 Å². The Hall–Kier alpha value is -0.120. The van der Waals surface area contributed by atoms with Crippen molar-refractivity contribution in [2.24, 2.45) is 0 Å². The molecular weight excluding hydrogens is 190 g/mol. The zero-order chi connectivity index (χ0) is 11.1. The van der Waals surface area contributed by atoms with Crippen LogP contribution >= 0.6 is 0 Å². The molecule has 90 valence electrons. The number of ether oxygens (including phenoxy) is 1. The van der Waals surface area contributed by atoms with Gasteiger partial charge in [-0.05, 0) is 12.8 Å². The van der Waals surface area contributed by atoms with E-state index in [2.05, 4.69) is 19.2 Å². The van der Waals surface area contributed by atoms with Gasteiger partial charge in [0.2, 0.25) is 0 Å². The summed E-state index contributed by atoms with van der Waals surface area (Å²) in [4.78, 5) is 0. The third-order valence-corrected chi connectivity index (χ3v) is 2.90. The molecule has 0 aromatic rings. The second kappa shape index (κ2) is 7.20. The smallest absolute Gasteiger partial charge is 0.0834 e. The number of hydrogen-bond acceptors (Lipinski definition) is 3. The van der Waals surface area contributed by atoms with Gasteiger partial charge in [-0.1, -0.05) is 33.1 Å². The molecule has 1 aliphatic rings. The maximum absolute atomic E-state index is 9.81. The molecule has 2 unspecified atom stereocenters. The molecule has 0 aliphatic heterocycles. The summed E-state index contributed by atoms with van der Waals surface area (Å²) in [5, 5.41) is 13.1. The van der Waals surface area contributed by atoms with Gasteiger partial charge < -0.3 is 15.2 Å². The van der Waals surface area contributed by atoms with Crippen LogP contribution in [0.25, 0.3) is 0 Å². The van der Waals surface area contributed by atoms with Crippen molar-refractivity contribution in [1.29, 1.82) is 0 Å². The lowest BCUT2D eigenvalue weighted by molar-refractivity contribution is -0.0390. The fourth-order valence-electron chi connectivity index (χ4n) is 2.01. The molecule has 1 aliphatic carbocycles. The predicted octanol–water partition coefficient (Wildman–Crippen LogP) is 1.69. The van der Waals surface area contributed by atoms with Gasteiger partial charge in [-0.25, -0.2) is 0 Å². The van der Waals surface area contributed by atoms with Gasteiger partial charge in [-0.15, -0.1) is 0 Å². The molecule has 1 fully saturated rings. The zero-order valence-corrected chi connectivity index (χ0v) is 10.0. The quantitative estimate of drug-likeness (QED) is 0.542. The van der Waals surface area contributed by atoms with Crippen LogP contribution < -0.4 is 5.32 Å². The molecular formula is C12H25NO2. The van der Waals surface area contributed by atoms with E-state index in [1.54, 1.807) is 0 Å². The number of hydrogen-bond donors (Lipinski definition) is 2. The number of rotatable bonds is 5. The van der Waals surface area contributed by atoms with Gasteiger partial charge in [0.1, 0.15) is 0 Å². The van der Waals surface area contributed by atoms with Crippen LogP contribution in [0.15, 0.2) is 0 Å². The molecule has 0 amide bonds. The van der Waals surface area contributed by atoms with Gasteiger partial charge in [0, 0.05) is 12.6 Å². The van der Waals surface area contributed by atoms with Crippen molar-refractivity contribution < 1.29 is 9.84 Å². The van der Waals surface area contributed by atoms with Crippen LogP contribution in [0.2, 0.25) is 0 Å². The maximum atomic E-state index is 9.81. The molecule has 0 heterocycles. The standard InChI is InChI=1S/C12H25NO2/c1-10(2)13-8-9-15-12-7-5-3-4-6-11(12)14/h10-14H,3-9H2,1-2H3. The van der Waals surface area contributed by atoms with E-state index in [-0.39, 0.29) is 12.2 Å². The van der Waals surface area contributed by atoms with Gasteiger partial charge in [0.05, 0.1) is 18.8 Å². The molecule has 0 radical (unpaired) electrons. The third kappa shape index (κ3) is 5.50. The monoisotopic (exact) mass is 215 g/mol. The van der Waals surface area contributed by atoms with Gasteiger partial charge in [-0.3, -0.25) is 0 Å². The molecule has 3 heteroatoms. The minimum absolute atomic E-state index is 0.0708. The fourth-order valence-corrected chi connectivity index (χ4v) is 2.01. The number of aliphatic hydroxyl groups is 1. The average Bonchev–Trinajstić information content (AvgIpc) is 2.38. The first-order valence-corrected chi connectivity index (χ1v) is 6.23. The molecule has 0 aromatic heterocycles. The van der Waals surface area contributed by atoms with E-state index in [1.165, 1.54) is 12.8 Å². The van der Waals surface area contributed by atoms with Crippen LogP contribution in [0.4, 0.5) is 0 Å². The van der Waals surface area contributed by atoms with Gasteiger partial charge in [0.25, 0.3) is 0 Å². The van der Waals surface area contributed by atoms with E-state index >= 15 is 0 Å². The van der Waals surface area contributed by atoms with Crippen molar-refractivity contribution in [3.8, 4) is 0 Å². The molecule has 0 aromatic carbocycles. The summed E-state index contributed by atoms with van der Waals surface area (Å²) in [7, 11) is 0. The second-order valence-electron chi connectivity index (χ2n) is 4.72. The topological polar surface area (TPSA) is 41.5 Å². The molecule has 2 atom stereocenters. The minimum Gasteiger partial charge on any atom is -0.390 e. The highest BCUT2D eigenvalue weighted by atomic mass is 16.5. The minimum atomic E-state index is -0.244. The molecule has 0 bridgehead atoms. The van der Waals surface area contributed by atoms with Crippen molar-refractivity contribution in [3.63, 3.8) is 0 Å². The maximum Gasteiger partial charge on any atom is 0.0834 e. The molecule has 1 saturated carbocycles. The molecule has 2 N–H and O–H groups in total. The van der Waals surface area contributed by atoms with E-state index in [4.69, 9.17) is 4.74 Å². The lowest BCUT2D eigenvalue weighted by Gasteiger charge is -2.21. The Bertz CT molecular complexity index is 162. The van der Waals surface area contributed by atoms with Crippen LogP contribution in [0, 0.1) is 0 Å². The number of aliphatic hydroxyl groups excluding tert-OH is 1. The Kier molecular flexibility index (Phi) is 6.22. The van der Waals surface area contributed by atoms with E-state index in [0.717, 1.165) is 25.8 Å². The van der Waals surface area contributed by atoms with Gasteiger partial charge in [0.15, 0.2) is 0 Å². The van der Waals surface area contributed by atoms with Crippen molar-refractivity contribution in [1.82, 2.24) is 5.32 Å². The van der Waals surface area contributed by atoms with Crippen LogP contribution in [0.5, 0.6) is 0 Å². The molecule has 0 saturated heterocycles. The third-order valence-electron chi connectivity index (χ3n) is 2.90. The Balaban J connectivity index is 2.12. The summed E-state index contributed by atoms with van der Waals surface area (Å²) in [6.07, 6.45) is 5.32. The van der Waals surface area contributed by atoms with Crippen molar-refractivity contribution >= 4 is 0 Å². The summed E-state index contributed by atoms with van der Waals surface area (Å²) in [5.41, 5.74) is 0. The lowest BCUT2D eigenvalue weighted by Crippen LogP contribution is -2.32. The Morgan fingerprint density at radius 1 is 1.27 bits per heavy atom.